The number of phenolic OH excluding ortho intramolecular Hbond substituents is 1. The maximum Gasteiger partial charge on any atom is 0.267 e. The first-order chi connectivity index (χ1) is 11.0. The van der Waals surface area contributed by atoms with Gasteiger partial charge >= 0.3 is 0 Å². The topological polar surface area (TPSA) is 98.0 Å². The lowest BCUT2D eigenvalue weighted by Gasteiger charge is -2.08. The molecule has 1 amide bonds. The van der Waals surface area contributed by atoms with Crippen LogP contribution in [0, 0.1) is 25.2 Å². The highest BCUT2D eigenvalue weighted by Gasteiger charge is 2.11. The zero-order chi connectivity index (χ0) is 16.8. The molecule has 0 spiro atoms. The van der Waals surface area contributed by atoms with Gasteiger partial charge < -0.3 is 15.7 Å². The second-order valence-electron chi connectivity index (χ2n) is 4.99. The first kappa shape index (κ1) is 16.0. The summed E-state index contributed by atoms with van der Waals surface area (Å²) in [5.74, 6) is 0.113. The number of hydrogen-bond acceptors (Lipinski definition) is 5. The summed E-state index contributed by atoms with van der Waals surface area (Å²) in [6, 6.07) is 10.0. The van der Waals surface area contributed by atoms with Crippen LogP contribution in [0.2, 0.25) is 0 Å². The monoisotopic (exact) mass is 308 g/mol. The molecule has 2 aromatic rings. The fourth-order valence-electron chi connectivity index (χ4n) is 1.83. The minimum Gasteiger partial charge on any atom is -0.508 e. The molecule has 0 atom stereocenters. The molecule has 1 aromatic carbocycles. The maximum atomic E-state index is 12.1. The van der Waals surface area contributed by atoms with Gasteiger partial charge in [-0.05, 0) is 49.2 Å². The minimum atomic E-state index is -0.541. The molecule has 6 heteroatoms. The van der Waals surface area contributed by atoms with Crippen LogP contribution in [0.25, 0.3) is 0 Å². The Balaban J connectivity index is 2.10. The third-order valence-corrected chi connectivity index (χ3v) is 3.10. The van der Waals surface area contributed by atoms with Gasteiger partial charge in [0, 0.05) is 18.1 Å². The average molecular weight is 308 g/mol. The Morgan fingerprint density at radius 2 is 2.09 bits per heavy atom. The van der Waals surface area contributed by atoms with Gasteiger partial charge in [0.25, 0.3) is 5.91 Å². The summed E-state index contributed by atoms with van der Waals surface area (Å²) in [5, 5.41) is 23.9. The van der Waals surface area contributed by atoms with Crippen LogP contribution >= 0.6 is 0 Å². The Bertz CT molecular complexity index is 789. The Morgan fingerprint density at radius 3 is 2.70 bits per heavy atom. The molecule has 0 saturated carbocycles. The lowest BCUT2D eigenvalue weighted by molar-refractivity contribution is -0.112. The van der Waals surface area contributed by atoms with Crippen LogP contribution in [-0.2, 0) is 4.79 Å². The molecule has 0 saturated heterocycles. The zero-order valence-electron chi connectivity index (χ0n) is 12.8. The number of amides is 1. The van der Waals surface area contributed by atoms with Crippen molar-refractivity contribution in [2.24, 2.45) is 0 Å². The highest BCUT2D eigenvalue weighted by atomic mass is 16.3. The highest BCUT2D eigenvalue weighted by Crippen LogP contribution is 2.20. The van der Waals surface area contributed by atoms with Crippen molar-refractivity contribution in [3.05, 3.63) is 59.4 Å². The Kier molecular flexibility index (Phi) is 4.95. The summed E-state index contributed by atoms with van der Waals surface area (Å²) >= 11 is 0. The van der Waals surface area contributed by atoms with Crippen molar-refractivity contribution in [1.82, 2.24) is 4.98 Å². The fourth-order valence-corrected chi connectivity index (χ4v) is 1.83. The van der Waals surface area contributed by atoms with Crippen molar-refractivity contribution in [2.45, 2.75) is 13.8 Å². The van der Waals surface area contributed by atoms with Crippen molar-refractivity contribution in [3.63, 3.8) is 0 Å². The number of nitrogens with zero attached hydrogens (tertiary/aromatic N) is 2. The van der Waals surface area contributed by atoms with E-state index in [1.807, 2.05) is 19.1 Å². The van der Waals surface area contributed by atoms with Crippen LogP contribution in [0.5, 0.6) is 5.75 Å². The van der Waals surface area contributed by atoms with Gasteiger partial charge in [-0.1, -0.05) is 6.07 Å². The number of rotatable bonds is 4. The summed E-state index contributed by atoms with van der Waals surface area (Å²) in [7, 11) is 0. The van der Waals surface area contributed by atoms with Crippen LogP contribution in [0.1, 0.15) is 11.1 Å². The normalized spacial score (nSPS) is 10.7. The van der Waals surface area contributed by atoms with E-state index < -0.39 is 5.91 Å². The molecule has 0 radical (unpaired) electrons. The quantitative estimate of drug-likeness (QED) is 0.458. The van der Waals surface area contributed by atoms with E-state index in [9.17, 15) is 9.90 Å². The second-order valence-corrected chi connectivity index (χ2v) is 4.99. The van der Waals surface area contributed by atoms with E-state index in [4.69, 9.17) is 5.26 Å². The van der Waals surface area contributed by atoms with Gasteiger partial charge in [0.2, 0.25) is 0 Å². The number of hydrogen-bond donors (Lipinski definition) is 3. The molecule has 0 bridgehead atoms. The molecule has 116 valence electrons. The first-order valence-electron chi connectivity index (χ1n) is 6.90. The summed E-state index contributed by atoms with van der Waals surface area (Å²) in [4.78, 5) is 16.3. The molecule has 6 nitrogen and oxygen atoms in total. The number of carbonyl (C=O) groups is 1. The number of aromatic nitrogens is 1. The van der Waals surface area contributed by atoms with E-state index in [0.717, 1.165) is 5.56 Å². The van der Waals surface area contributed by atoms with Crippen molar-refractivity contribution >= 4 is 17.4 Å². The minimum absolute atomic E-state index is 0.0835. The number of nitriles is 1. The van der Waals surface area contributed by atoms with Gasteiger partial charge in [0.15, 0.2) is 0 Å². The van der Waals surface area contributed by atoms with E-state index >= 15 is 0 Å². The smallest absolute Gasteiger partial charge is 0.267 e. The van der Waals surface area contributed by atoms with Gasteiger partial charge in [-0.15, -0.1) is 0 Å². The molecule has 1 aromatic heterocycles. The summed E-state index contributed by atoms with van der Waals surface area (Å²) < 4.78 is 0. The maximum absolute atomic E-state index is 12.1. The van der Waals surface area contributed by atoms with E-state index in [2.05, 4.69) is 15.6 Å². The van der Waals surface area contributed by atoms with Crippen molar-refractivity contribution in [1.29, 1.82) is 5.26 Å². The van der Waals surface area contributed by atoms with Crippen molar-refractivity contribution < 1.29 is 9.90 Å². The molecule has 0 unspecified atom stereocenters. The molecule has 3 N–H and O–H groups in total. The number of phenols is 1. The van der Waals surface area contributed by atoms with Crippen molar-refractivity contribution in [2.75, 3.05) is 10.6 Å². The Hall–Kier alpha value is -3.33. The SMILES string of the molecule is Cc1ccc(N/C=C(/C#N)C(=O)Nc2ccc(O)cc2C)nc1. The van der Waals surface area contributed by atoms with Gasteiger partial charge in [0.05, 0.1) is 0 Å². The van der Waals surface area contributed by atoms with Crippen LogP contribution in [-0.4, -0.2) is 16.0 Å². The van der Waals surface area contributed by atoms with Gasteiger partial charge in [-0.25, -0.2) is 4.98 Å². The lowest BCUT2D eigenvalue weighted by atomic mass is 10.2. The van der Waals surface area contributed by atoms with Crippen molar-refractivity contribution in [3.8, 4) is 11.8 Å². The predicted molar refractivity (Wildman–Crippen MR) is 87.8 cm³/mol. The standard InChI is InChI=1S/C17H16N4O2/c1-11-3-6-16(19-9-11)20-10-13(8-18)17(23)21-15-5-4-14(22)7-12(15)2/h3-7,9-10,22H,1-2H3,(H,19,20)(H,21,23)/b13-10-. The van der Waals surface area contributed by atoms with E-state index in [1.165, 1.54) is 18.3 Å². The molecular weight excluding hydrogens is 292 g/mol. The van der Waals surface area contributed by atoms with Crippen LogP contribution in [0.3, 0.4) is 0 Å². The van der Waals surface area contributed by atoms with E-state index in [0.29, 0.717) is 17.1 Å². The van der Waals surface area contributed by atoms with Gasteiger partial charge in [-0.3, -0.25) is 4.79 Å². The van der Waals surface area contributed by atoms with E-state index in [1.54, 1.807) is 25.3 Å². The number of carbonyl (C=O) groups excluding carboxylic acids is 1. The average Bonchev–Trinajstić information content (AvgIpc) is 2.52. The molecule has 1 heterocycles. The van der Waals surface area contributed by atoms with Gasteiger partial charge in [-0.2, -0.15) is 5.26 Å². The Labute approximate surface area is 134 Å². The first-order valence-corrected chi connectivity index (χ1v) is 6.90. The number of aryl methyl sites for hydroxylation is 2. The molecular formula is C17H16N4O2. The molecule has 0 fully saturated rings. The fraction of sp³-hybridized carbons (Fsp3) is 0.118. The number of nitrogens with one attached hydrogen (secondary N) is 2. The van der Waals surface area contributed by atoms with Crippen LogP contribution in [0.15, 0.2) is 48.3 Å². The number of benzene rings is 1. The highest BCUT2D eigenvalue weighted by molar-refractivity contribution is 6.07. The number of anilines is 2. The molecule has 23 heavy (non-hydrogen) atoms. The summed E-state index contributed by atoms with van der Waals surface area (Å²) in [6.45, 7) is 3.67. The number of pyridine rings is 1. The summed E-state index contributed by atoms with van der Waals surface area (Å²) in [5.41, 5.74) is 2.16. The molecule has 0 aliphatic heterocycles. The molecule has 0 aliphatic carbocycles. The Morgan fingerprint density at radius 1 is 1.30 bits per heavy atom. The largest absolute Gasteiger partial charge is 0.508 e. The second kappa shape index (κ2) is 7.09. The van der Waals surface area contributed by atoms with Crippen LogP contribution in [0.4, 0.5) is 11.5 Å². The molecule has 0 aliphatic rings. The predicted octanol–water partition coefficient (Wildman–Crippen LogP) is 2.86. The third kappa shape index (κ3) is 4.32. The summed E-state index contributed by atoms with van der Waals surface area (Å²) in [6.07, 6.45) is 2.99. The zero-order valence-corrected chi connectivity index (χ0v) is 12.8. The molecule has 2 rings (SSSR count). The third-order valence-electron chi connectivity index (χ3n) is 3.10. The lowest BCUT2D eigenvalue weighted by Crippen LogP contribution is -2.15. The van der Waals surface area contributed by atoms with Crippen LogP contribution < -0.4 is 10.6 Å². The van der Waals surface area contributed by atoms with E-state index in [-0.39, 0.29) is 11.3 Å². The number of aromatic hydroxyl groups is 1. The van der Waals surface area contributed by atoms with Gasteiger partial charge in [0.1, 0.15) is 23.2 Å².